The molecule has 2 aromatic heterocycles. The summed E-state index contributed by atoms with van der Waals surface area (Å²) in [6.45, 7) is 3.29. The van der Waals surface area contributed by atoms with Gasteiger partial charge in [0.25, 0.3) is 0 Å². The first-order chi connectivity index (χ1) is 10.4. The molecule has 0 aliphatic rings. The number of ether oxygens (including phenoxy) is 1. The molecule has 3 aromatic rings. The summed E-state index contributed by atoms with van der Waals surface area (Å²) in [5.74, 6) is 0.827. The van der Waals surface area contributed by atoms with Crippen molar-refractivity contribution in [3.63, 3.8) is 0 Å². The van der Waals surface area contributed by atoms with Gasteiger partial charge in [0.1, 0.15) is 23.4 Å². The molecule has 0 amide bonds. The van der Waals surface area contributed by atoms with Gasteiger partial charge >= 0.3 is 0 Å². The topological polar surface area (TPSA) is 66.0 Å². The highest BCUT2D eigenvalue weighted by Crippen LogP contribution is 2.28. The Hall–Kier alpha value is -2.63. The Balaban J connectivity index is 1.82. The lowest BCUT2D eigenvalue weighted by Gasteiger charge is -2.08. The van der Waals surface area contributed by atoms with Crippen LogP contribution in [0.25, 0.3) is 11.3 Å². The number of benzene rings is 1. The number of para-hydroxylation sites is 1. The standard InChI is InChI=1S/C15H16N4O2/c1-2-8-20-15-6-4-3-5-13(15)14-11-19(18-16-14)10-12-7-9-21-17-12/h3-7,9,11H,2,8,10H2,1H3. The van der Waals surface area contributed by atoms with Gasteiger partial charge in [-0.3, -0.25) is 0 Å². The third kappa shape index (κ3) is 3.10. The molecule has 0 aliphatic heterocycles. The molecule has 21 heavy (non-hydrogen) atoms. The molecule has 0 N–H and O–H groups in total. The molecule has 0 saturated heterocycles. The van der Waals surface area contributed by atoms with Gasteiger partial charge in [-0.05, 0) is 18.6 Å². The van der Waals surface area contributed by atoms with Crippen LogP contribution in [0.2, 0.25) is 0 Å². The molecule has 1 aromatic carbocycles. The van der Waals surface area contributed by atoms with Crippen LogP contribution >= 0.6 is 0 Å². The van der Waals surface area contributed by atoms with E-state index in [1.165, 1.54) is 0 Å². The Labute approximate surface area is 122 Å². The zero-order valence-electron chi connectivity index (χ0n) is 11.8. The van der Waals surface area contributed by atoms with Crippen molar-refractivity contribution in [1.82, 2.24) is 20.2 Å². The van der Waals surface area contributed by atoms with Crippen molar-refractivity contribution < 1.29 is 9.26 Å². The predicted octanol–water partition coefficient (Wildman–Crippen LogP) is 2.77. The van der Waals surface area contributed by atoms with E-state index in [1.54, 1.807) is 17.0 Å². The molecule has 108 valence electrons. The Morgan fingerprint density at radius 1 is 1.24 bits per heavy atom. The lowest BCUT2D eigenvalue weighted by atomic mass is 10.1. The Kier molecular flexibility index (Phi) is 3.95. The molecule has 0 aliphatic carbocycles. The normalized spacial score (nSPS) is 10.7. The van der Waals surface area contributed by atoms with Gasteiger partial charge in [-0.15, -0.1) is 5.10 Å². The second kappa shape index (κ2) is 6.21. The van der Waals surface area contributed by atoms with E-state index in [0.29, 0.717) is 13.2 Å². The van der Waals surface area contributed by atoms with Gasteiger partial charge in [-0.2, -0.15) is 0 Å². The van der Waals surface area contributed by atoms with Crippen molar-refractivity contribution in [2.45, 2.75) is 19.9 Å². The second-order valence-electron chi connectivity index (χ2n) is 4.64. The fraction of sp³-hybridized carbons (Fsp3) is 0.267. The van der Waals surface area contributed by atoms with E-state index in [-0.39, 0.29) is 0 Å². The number of aromatic nitrogens is 4. The Bertz CT molecular complexity index is 691. The van der Waals surface area contributed by atoms with Crippen LogP contribution in [0, 0.1) is 0 Å². The van der Waals surface area contributed by atoms with Crippen molar-refractivity contribution in [2.75, 3.05) is 6.61 Å². The first kappa shape index (κ1) is 13.4. The van der Waals surface area contributed by atoms with Crippen molar-refractivity contribution in [3.8, 4) is 17.0 Å². The zero-order chi connectivity index (χ0) is 14.5. The number of hydrogen-bond acceptors (Lipinski definition) is 5. The number of hydrogen-bond donors (Lipinski definition) is 0. The lowest BCUT2D eigenvalue weighted by Crippen LogP contribution is -2.00. The highest BCUT2D eigenvalue weighted by Gasteiger charge is 2.10. The average Bonchev–Trinajstić information content (AvgIpc) is 3.18. The smallest absolute Gasteiger partial charge is 0.128 e. The molecule has 3 rings (SSSR count). The van der Waals surface area contributed by atoms with Gasteiger partial charge in [0.2, 0.25) is 0 Å². The maximum absolute atomic E-state index is 5.75. The lowest BCUT2D eigenvalue weighted by molar-refractivity contribution is 0.318. The van der Waals surface area contributed by atoms with Crippen molar-refractivity contribution in [1.29, 1.82) is 0 Å². The van der Waals surface area contributed by atoms with Crippen LogP contribution in [-0.4, -0.2) is 26.8 Å². The van der Waals surface area contributed by atoms with E-state index in [2.05, 4.69) is 22.4 Å². The number of nitrogens with zero attached hydrogens (tertiary/aromatic N) is 4. The van der Waals surface area contributed by atoms with Crippen LogP contribution in [0.3, 0.4) is 0 Å². The first-order valence-corrected chi connectivity index (χ1v) is 6.88. The average molecular weight is 284 g/mol. The molecular weight excluding hydrogens is 268 g/mol. The third-order valence-electron chi connectivity index (χ3n) is 2.98. The van der Waals surface area contributed by atoms with E-state index in [9.17, 15) is 0 Å². The minimum atomic E-state index is 0.529. The maximum atomic E-state index is 5.75. The van der Waals surface area contributed by atoms with Crippen LogP contribution in [0.15, 0.2) is 47.3 Å². The van der Waals surface area contributed by atoms with Gasteiger partial charge < -0.3 is 9.26 Å². The minimum Gasteiger partial charge on any atom is -0.493 e. The monoisotopic (exact) mass is 284 g/mol. The van der Waals surface area contributed by atoms with Crippen molar-refractivity contribution >= 4 is 0 Å². The minimum absolute atomic E-state index is 0.529. The molecular formula is C15H16N4O2. The molecule has 2 heterocycles. The van der Waals surface area contributed by atoms with E-state index in [1.807, 2.05) is 30.5 Å². The van der Waals surface area contributed by atoms with E-state index in [4.69, 9.17) is 9.26 Å². The van der Waals surface area contributed by atoms with Gasteiger partial charge in [0, 0.05) is 11.6 Å². The highest BCUT2D eigenvalue weighted by atomic mass is 16.5. The fourth-order valence-electron chi connectivity index (χ4n) is 2.00. The Morgan fingerprint density at radius 3 is 2.95 bits per heavy atom. The molecule has 0 radical (unpaired) electrons. The van der Waals surface area contributed by atoms with Gasteiger partial charge in [-0.25, -0.2) is 4.68 Å². The summed E-state index contributed by atoms with van der Waals surface area (Å²) in [6, 6.07) is 9.65. The van der Waals surface area contributed by atoms with Crippen LogP contribution in [0.4, 0.5) is 0 Å². The SMILES string of the molecule is CCCOc1ccccc1-c1cn(Cc2ccon2)nn1. The summed E-state index contributed by atoms with van der Waals surface area (Å²) >= 11 is 0. The predicted molar refractivity (Wildman–Crippen MR) is 76.8 cm³/mol. The summed E-state index contributed by atoms with van der Waals surface area (Å²) in [6.07, 6.45) is 4.39. The number of rotatable bonds is 6. The second-order valence-corrected chi connectivity index (χ2v) is 4.64. The zero-order valence-corrected chi connectivity index (χ0v) is 11.8. The largest absolute Gasteiger partial charge is 0.493 e. The molecule has 0 fully saturated rings. The Morgan fingerprint density at radius 2 is 2.14 bits per heavy atom. The summed E-state index contributed by atoms with van der Waals surface area (Å²) in [4.78, 5) is 0. The summed E-state index contributed by atoms with van der Waals surface area (Å²) in [5.41, 5.74) is 2.53. The molecule has 6 nitrogen and oxygen atoms in total. The summed E-state index contributed by atoms with van der Waals surface area (Å²) < 4.78 is 12.3. The molecule has 0 unspecified atom stereocenters. The molecule has 0 spiro atoms. The van der Waals surface area contributed by atoms with Crippen LogP contribution in [-0.2, 0) is 6.54 Å². The molecule has 6 heteroatoms. The summed E-state index contributed by atoms with van der Waals surface area (Å²) in [5, 5.41) is 12.2. The van der Waals surface area contributed by atoms with E-state index >= 15 is 0 Å². The van der Waals surface area contributed by atoms with Gasteiger partial charge in [0.15, 0.2) is 0 Å². The van der Waals surface area contributed by atoms with Crippen molar-refractivity contribution in [2.24, 2.45) is 0 Å². The molecule has 0 atom stereocenters. The van der Waals surface area contributed by atoms with E-state index < -0.39 is 0 Å². The summed E-state index contributed by atoms with van der Waals surface area (Å²) in [7, 11) is 0. The molecule has 0 bridgehead atoms. The van der Waals surface area contributed by atoms with E-state index in [0.717, 1.165) is 29.1 Å². The van der Waals surface area contributed by atoms with Gasteiger partial charge in [-0.1, -0.05) is 29.4 Å². The van der Waals surface area contributed by atoms with Crippen molar-refractivity contribution in [3.05, 3.63) is 48.5 Å². The van der Waals surface area contributed by atoms with Crippen LogP contribution < -0.4 is 4.74 Å². The quantitative estimate of drug-likeness (QED) is 0.696. The third-order valence-corrected chi connectivity index (χ3v) is 2.98. The fourth-order valence-corrected chi connectivity index (χ4v) is 2.00. The maximum Gasteiger partial charge on any atom is 0.128 e. The molecule has 0 saturated carbocycles. The van der Waals surface area contributed by atoms with Gasteiger partial charge in [0.05, 0.1) is 19.3 Å². The van der Waals surface area contributed by atoms with Crippen LogP contribution in [0.1, 0.15) is 19.0 Å². The highest BCUT2D eigenvalue weighted by molar-refractivity contribution is 5.66. The first-order valence-electron chi connectivity index (χ1n) is 6.88. The van der Waals surface area contributed by atoms with Crippen LogP contribution in [0.5, 0.6) is 5.75 Å².